The molecule has 1 heterocycles. The van der Waals surface area contributed by atoms with Gasteiger partial charge in [0.2, 0.25) is 5.91 Å². The molecule has 29 heavy (non-hydrogen) atoms. The van der Waals surface area contributed by atoms with Gasteiger partial charge in [0, 0.05) is 37.7 Å². The van der Waals surface area contributed by atoms with Gasteiger partial charge in [-0.3, -0.25) is 25.0 Å². The molecule has 2 N–H and O–H groups in total. The number of benzene rings is 2. The molecule has 0 saturated carbocycles. The molecule has 9 nitrogen and oxygen atoms in total. The Balaban J connectivity index is 1.65. The summed E-state index contributed by atoms with van der Waals surface area (Å²) in [6.45, 7) is 1.77. The van der Waals surface area contributed by atoms with Crippen LogP contribution in [0.3, 0.4) is 0 Å². The van der Waals surface area contributed by atoms with Gasteiger partial charge in [-0.2, -0.15) is 0 Å². The van der Waals surface area contributed by atoms with Gasteiger partial charge in [0.1, 0.15) is 6.04 Å². The highest BCUT2D eigenvalue weighted by atomic mass is 16.6. The van der Waals surface area contributed by atoms with E-state index in [-0.39, 0.29) is 23.9 Å². The minimum Gasteiger partial charge on any atom is -0.326 e. The number of anilines is 1. The fourth-order valence-corrected chi connectivity index (χ4v) is 3.19. The lowest BCUT2D eigenvalue weighted by molar-refractivity contribution is -0.384. The summed E-state index contributed by atoms with van der Waals surface area (Å²) in [5.41, 5.74) is 2.35. The van der Waals surface area contributed by atoms with Crippen LogP contribution in [0, 0.1) is 10.1 Å². The van der Waals surface area contributed by atoms with E-state index in [0.717, 1.165) is 11.1 Å². The highest BCUT2D eigenvalue weighted by Gasteiger charge is 2.37. The molecule has 150 valence electrons. The summed E-state index contributed by atoms with van der Waals surface area (Å²) in [5.74, 6) is -0.534. The maximum absolute atomic E-state index is 12.2. The standard InChI is InChI=1S/C20H20N4O5/c1-13(25)21-16-6-2-14(3-7-16)10-11-23-18(19(26)22-20(23)27)12-15-4-8-17(9-5-15)24(28)29/h2-9,18H,10-12H2,1H3,(H,21,25)(H,22,26,27). The number of hydrogen-bond acceptors (Lipinski definition) is 5. The first-order valence-corrected chi connectivity index (χ1v) is 9.05. The average Bonchev–Trinajstić information content (AvgIpc) is 2.94. The molecule has 0 spiro atoms. The zero-order valence-electron chi connectivity index (χ0n) is 15.8. The van der Waals surface area contributed by atoms with Crippen molar-refractivity contribution in [1.82, 2.24) is 10.2 Å². The first-order chi connectivity index (χ1) is 13.8. The van der Waals surface area contributed by atoms with E-state index in [4.69, 9.17) is 0 Å². The van der Waals surface area contributed by atoms with E-state index >= 15 is 0 Å². The third-order valence-corrected chi connectivity index (χ3v) is 4.66. The van der Waals surface area contributed by atoms with Gasteiger partial charge < -0.3 is 10.2 Å². The zero-order valence-corrected chi connectivity index (χ0v) is 15.8. The lowest BCUT2D eigenvalue weighted by Crippen LogP contribution is -2.38. The number of rotatable bonds is 7. The molecule has 0 bridgehead atoms. The van der Waals surface area contributed by atoms with Crippen molar-refractivity contribution in [3.63, 3.8) is 0 Å². The fraction of sp³-hybridized carbons (Fsp3) is 0.250. The van der Waals surface area contributed by atoms with Crippen molar-refractivity contribution in [2.45, 2.75) is 25.8 Å². The molecule has 1 atom stereocenters. The number of nitro groups is 1. The second-order valence-electron chi connectivity index (χ2n) is 6.76. The first-order valence-electron chi connectivity index (χ1n) is 9.05. The topological polar surface area (TPSA) is 122 Å². The predicted octanol–water partition coefficient (Wildman–Crippen LogP) is 2.26. The summed E-state index contributed by atoms with van der Waals surface area (Å²) >= 11 is 0. The van der Waals surface area contributed by atoms with Crippen LogP contribution in [-0.2, 0) is 22.4 Å². The number of hydrogen-bond donors (Lipinski definition) is 2. The van der Waals surface area contributed by atoms with Crippen LogP contribution in [-0.4, -0.2) is 40.3 Å². The van der Waals surface area contributed by atoms with Crippen LogP contribution >= 0.6 is 0 Å². The molecule has 0 radical (unpaired) electrons. The van der Waals surface area contributed by atoms with Gasteiger partial charge in [0.25, 0.3) is 11.6 Å². The van der Waals surface area contributed by atoms with Crippen LogP contribution in [0.15, 0.2) is 48.5 Å². The van der Waals surface area contributed by atoms with Gasteiger partial charge in [-0.05, 0) is 29.7 Å². The van der Waals surface area contributed by atoms with Gasteiger partial charge in [-0.25, -0.2) is 4.79 Å². The Morgan fingerprint density at radius 2 is 1.72 bits per heavy atom. The number of imide groups is 1. The molecule has 1 aliphatic rings. The number of urea groups is 1. The molecule has 1 fully saturated rings. The van der Waals surface area contributed by atoms with Gasteiger partial charge in [-0.1, -0.05) is 24.3 Å². The van der Waals surface area contributed by atoms with Crippen molar-refractivity contribution >= 4 is 29.2 Å². The Kier molecular flexibility index (Phi) is 5.87. The minimum absolute atomic E-state index is 0.0275. The molecule has 9 heteroatoms. The van der Waals surface area contributed by atoms with Crippen molar-refractivity contribution in [2.75, 3.05) is 11.9 Å². The Morgan fingerprint density at radius 1 is 1.10 bits per heavy atom. The first kappa shape index (κ1) is 20.0. The second-order valence-corrected chi connectivity index (χ2v) is 6.76. The van der Waals surface area contributed by atoms with E-state index in [0.29, 0.717) is 18.7 Å². The second kappa shape index (κ2) is 8.51. The van der Waals surface area contributed by atoms with Crippen molar-refractivity contribution in [1.29, 1.82) is 0 Å². The summed E-state index contributed by atoms with van der Waals surface area (Å²) in [5, 5.41) is 15.8. The highest BCUT2D eigenvalue weighted by Crippen LogP contribution is 2.19. The van der Waals surface area contributed by atoms with E-state index in [2.05, 4.69) is 10.6 Å². The Morgan fingerprint density at radius 3 is 2.31 bits per heavy atom. The molecule has 1 saturated heterocycles. The average molecular weight is 396 g/mol. The van der Waals surface area contributed by atoms with Gasteiger partial charge in [-0.15, -0.1) is 0 Å². The molecule has 2 aromatic rings. The summed E-state index contributed by atoms with van der Waals surface area (Å²) < 4.78 is 0. The number of nitrogens with one attached hydrogen (secondary N) is 2. The molecule has 4 amide bonds. The van der Waals surface area contributed by atoms with Gasteiger partial charge in [0.15, 0.2) is 0 Å². The molecule has 0 aromatic heterocycles. The predicted molar refractivity (Wildman–Crippen MR) is 105 cm³/mol. The zero-order chi connectivity index (χ0) is 21.0. The van der Waals surface area contributed by atoms with E-state index < -0.39 is 17.0 Å². The van der Waals surface area contributed by atoms with Crippen LogP contribution in [0.1, 0.15) is 18.1 Å². The monoisotopic (exact) mass is 396 g/mol. The highest BCUT2D eigenvalue weighted by molar-refractivity contribution is 6.04. The molecular formula is C20H20N4O5. The number of amides is 4. The van der Waals surface area contributed by atoms with E-state index in [9.17, 15) is 24.5 Å². The quantitative estimate of drug-likeness (QED) is 0.422. The van der Waals surface area contributed by atoms with E-state index in [1.807, 2.05) is 12.1 Å². The number of carbonyl (C=O) groups is 3. The molecular weight excluding hydrogens is 376 g/mol. The van der Waals surface area contributed by atoms with Crippen LogP contribution in [0.2, 0.25) is 0 Å². The van der Waals surface area contributed by atoms with Crippen molar-refractivity contribution < 1.29 is 19.3 Å². The third kappa shape index (κ3) is 4.95. The normalized spacial score (nSPS) is 15.9. The lowest BCUT2D eigenvalue weighted by atomic mass is 10.0. The smallest absolute Gasteiger partial charge is 0.324 e. The lowest BCUT2D eigenvalue weighted by Gasteiger charge is -2.22. The molecule has 1 unspecified atom stereocenters. The maximum atomic E-state index is 12.2. The van der Waals surface area contributed by atoms with E-state index in [1.165, 1.54) is 24.0 Å². The van der Waals surface area contributed by atoms with E-state index in [1.54, 1.807) is 24.3 Å². The molecule has 1 aliphatic heterocycles. The van der Waals surface area contributed by atoms with Crippen molar-refractivity contribution in [3.8, 4) is 0 Å². The summed E-state index contributed by atoms with van der Waals surface area (Å²) in [7, 11) is 0. The van der Waals surface area contributed by atoms with Crippen LogP contribution < -0.4 is 10.6 Å². The van der Waals surface area contributed by atoms with Crippen LogP contribution in [0.25, 0.3) is 0 Å². The number of carbonyl (C=O) groups excluding carboxylic acids is 3. The summed E-state index contributed by atoms with van der Waals surface area (Å²) in [4.78, 5) is 47.2. The Labute approximate surface area is 166 Å². The largest absolute Gasteiger partial charge is 0.326 e. The Bertz CT molecular complexity index is 940. The van der Waals surface area contributed by atoms with Crippen LogP contribution in [0.4, 0.5) is 16.2 Å². The SMILES string of the molecule is CC(=O)Nc1ccc(CCN2C(=O)NC(=O)C2Cc2ccc([N+](=O)[O-])cc2)cc1. The van der Waals surface area contributed by atoms with Crippen molar-refractivity contribution in [2.24, 2.45) is 0 Å². The molecule has 2 aromatic carbocycles. The third-order valence-electron chi connectivity index (χ3n) is 4.66. The van der Waals surface area contributed by atoms with Crippen molar-refractivity contribution in [3.05, 3.63) is 69.8 Å². The maximum Gasteiger partial charge on any atom is 0.324 e. The van der Waals surface area contributed by atoms with Gasteiger partial charge in [0.05, 0.1) is 4.92 Å². The van der Waals surface area contributed by atoms with Crippen LogP contribution in [0.5, 0.6) is 0 Å². The minimum atomic E-state index is -0.664. The number of nitrogens with zero attached hydrogens (tertiary/aromatic N) is 2. The Hall–Kier alpha value is -3.75. The summed E-state index contributed by atoms with van der Waals surface area (Å²) in [6, 6.07) is 12.1. The fourth-order valence-electron chi connectivity index (χ4n) is 3.19. The number of nitro benzene ring substituents is 1. The molecule has 0 aliphatic carbocycles. The van der Waals surface area contributed by atoms with Gasteiger partial charge >= 0.3 is 6.03 Å². The number of non-ortho nitro benzene ring substituents is 1. The summed E-state index contributed by atoms with van der Waals surface area (Å²) in [6.07, 6.45) is 0.814. The molecule has 3 rings (SSSR count).